The molecule has 2 aliphatic carbocycles. The van der Waals surface area contributed by atoms with Gasteiger partial charge in [-0.1, -0.05) is 121 Å². The fourth-order valence-electron chi connectivity index (χ4n) is 7.99. The highest BCUT2D eigenvalue weighted by Gasteiger charge is 2.47. The predicted octanol–water partition coefficient (Wildman–Crippen LogP) is 11.0. The van der Waals surface area contributed by atoms with E-state index in [4.69, 9.17) is 0 Å². The maximum Gasteiger partial charge on any atom is 0.0677 e. The number of hydrogen-bond acceptors (Lipinski definition) is 1. The van der Waals surface area contributed by atoms with Gasteiger partial charge in [0.15, 0.2) is 0 Å². The summed E-state index contributed by atoms with van der Waals surface area (Å²) in [5, 5.41) is 6.36. The number of fused-ring (bicyclic) bond motifs is 5. The molecule has 214 valence electrons. The van der Waals surface area contributed by atoms with Crippen molar-refractivity contribution in [1.29, 1.82) is 0 Å². The molecule has 2 aliphatic rings. The highest BCUT2D eigenvalue weighted by atomic mass is 15.0. The standard InChI is InChI=1S/C43H32N2/c1-3-15-30(16-4-1)43(37-24-10-7-21-34(37)35-22-8-11-25-38(35)43)31-17-13-18-32(29-31)44-39-26-14-28-41-42(39)36-23-9-12-27-40(36)45(41)33-19-5-2-6-20-33/h1-10,12-24,26-29,44H,11,25H2. The van der Waals surface area contributed by atoms with Crippen LogP contribution in [-0.4, -0.2) is 4.57 Å². The fraction of sp³-hybridized carbons (Fsp3) is 0.0698. The Balaban J connectivity index is 1.24. The molecule has 6 aromatic carbocycles. The molecule has 0 amide bonds. The van der Waals surface area contributed by atoms with E-state index in [1.807, 2.05) is 0 Å². The van der Waals surface area contributed by atoms with Crippen LogP contribution in [0.2, 0.25) is 0 Å². The Morgan fingerprint density at radius 1 is 0.600 bits per heavy atom. The Hall–Kier alpha value is -5.60. The molecule has 2 nitrogen and oxygen atoms in total. The minimum atomic E-state index is -0.342. The van der Waals surface area contributed by atoms with Crippen molar-refractivity contribution >= 4 is 38.8 Å². The van der Waals surface area contributed by atoms with Gasteiger partial charge in [0.25, 0.3) is 0 Å². The van der Waals surface area contributed by atoms with Gasteiger partial charge in [0.1, 0.15) is 0 Å². The Labute approximate surface area is 263 Å². The van der Waals surface area contributed by atoms with E-state index in [2.05, 4.69) is 174 Å². The Kier molecular flexibility index (Phi) is 5.89. The smallest absolute Gasteiger partial charge is 0.0677 e. The first-order valence-corrected chi connectivity index (χ1v) is 15.8. The molecule has 7 aromatic rings. The van der Waals surface area contributed by atoms with Crippen LogP contribution in [0.15, 0.2) is 169 Å². The van der Waals surface area contributed by atoms with Crippen LogP contribution in [-0.2, 0) is 5.41 Å². The van der Waals surface area contributed by atoms with Crippen molar-refractivity contribution in [2.75, 3.05) is 5.32 Å². The molecule has 0 bridgehead atoms. The summed E-state index contributed by atoms with van der Waals surface area (Å²) in [5.41, 5.74) is 13.6. The summed E-state index contributed by atoms with van der Waals surface area (Å²) in [5.74, 6) is 0. The molecule has 1 unspecified atom stereocenters. The highest BCUT2D eigenvalue weighted by Crippen LogP contribution is 2.57. The first-order valence-electron chi connectivity index (χ1n) is 15.8. The molecular weight excluding hydrogens is 544 g/mol. The molecule has 1 N–H and O–H groups in total. The van der Waals surface area contributed by atoms with Gasteiger partial charge >= 0.3 is 0 Å². The highest BCUT2D eigenvalue weighted by molar-refractivity contribution is 6.15. The number of para-hydroxylation sites is 2. The number of nitrogens with zero attached hydrogens (tertiary/aromatic N) is 1. The second-order valence-electron chi connectivity index (χ2n) is 12.1. The van der Waals surface area contributed by atoms with Gasteiger partial charge in [-0.2, -0.15) is 0 Å². The summed E-state index contributed by atoms with van der Waals surface area (Å²) in [6.07, 6.45) is 6.80. The maximum atomic E-state index is 3.89. The van der Waals surface area contributed by atoms with Crippen LogP contribution < -0.4 is 5.32 Å². The van der Waals surface area contributed by atoms with Gasteiger partial charge < -0.3 is 9.88 Å². The zero-order valence-electron chi connectivity index (χ0n) is 24.9. The predicted molar refractivity (Wildman–Crippen MR) is 189 cm³/mol. The number of nitrogens with one attached hydrogen (secondary N) is 1. The van der Waals surface area contributed by atoms with Gasteiger partial charge in [-0.05, 0) is 88.7 Å². The van der Waals surface area contributed by atoms with E-state index >= 15 is 0 Å². The molecule has 45 heavy (non-hydrogen) atoms. The van der Waals surface area contributed by atoms with Crippen molar-refractivity contribution in [2.45, 2.75) is 18.3 Å². The van der Waals surface area contributed by atoms with Gasteiger partial charge in [-0.15, -0.1) is 0 Å². The summed E-state index contributed by atoms with van der Waals surface area (Å²) in [6, 6.07) is 55.2. The summed E-state index contributed by atoms with van der Waals surface area (Å²) >= 11 is 0. The monoisotopic (exact) mass is 576 g/mol. The quantitative estimate of drug-likeness (QED) is 0.216. The third-order valence-corrected chi connectivity index (χ3v) is 9.74. The lowest BCUT2D eigenvalue weighted by atomic mass is 9.65. The Morgan fingerprint density at radius 3 is 2.20 bits per heavy atom. The third-order valence-electron chi connectivity index (χ3n) is 9.74. The third kappa shape index (κ3) is 3.82. The van der Waals surface area contributed by atoms with E-state index in [9.17, 15) is 0 Å². The number of aromatic nitrogens is 1. The van der Waals surface area contributed by atoms with Crippen molar-refractivity contribution in [2.24, 2.45) is 0 Å². The summed E-state index contributed by atoms with van der Waals surface area (Å²) < 4.78 is 2.37. The Morgan fingerprint density at radius 2 is 1.31 bits per heavy atom. The van der Waals surface area contributed by atoms with Crippen LogP contribution in [0.4, 0.5) is 11.4 Å². The minimum absolute atomic E-state index is 0.342. The minimum Gasteiger partial charge on any atom is -0.355 e. The van der Waals surface area contributed by atoms with Crippen molar-refractivity contribution in [3.63, 3.8) is 0 Å². The lowest BCUT2D eigenvalue weighted by Gasteiger charge is -2.36. The van der Waals surface area contributed by atoms with E-state index in [0.717, 1.165) is 29.9 Å². The largest absolute Gasteiger partial charge is 0.355 e. The zero-order chi connectivity index (χ0) is 29.8. The van der Waals surface area contributed by atoms with Gasteiger partial charge in [0, 0.05) is 27.8 Å². The van der Waals surface area contributed by atoms with Crippen LogP contribution in [0.25, 0.3) is 33.1 Å². The molecule has 0 saturated carbocycles. The molecule has 0 radical (unpaired) electrons. The van der Waals surface area contributed by atoms with Gasteiger partial charge in [-0.3, -0.25) is 0 Å². The van der Waals surface area contributed by atoms with Crippen molar-refractivity contribution in [3.8, 4) is 5.69 Å². The van der Waals surface area contributed by atoms with Crippen molar-refractivity contribution in [3.05, 3.63) is 192 Å². The van der Waals surface area contributed by atoms with Gasteiger partial charge in [0.2, 0.25) is 0 Å². The first-order chi connectivity index (χ1) is 22.3. The molecule has 0 spiro atoms. The number of rotatable bonds is 5. The van der Waals surface area contributed by atoms with Crippen molar-refractivity contribution in [1.82, 2.24) is 4.57 Å². The molecule has 1 heterocycles. The zero-order valence-corrected chi connectivity index (χ0v) is 24.9. The second kappa shape index (κ2) is 10.2. The van der Waals surface area contributed by atoms with Crippen LogP contribution in [0.3, 0.4) is 0 Å². The maximum absolute atomic E-state index is 3.89. The van der Waals surface area contributed by atoms with Crippen LogP contribution >= 0.6 is 0 Å². The van der Waals surface area contributed by atoms with Gasteiger partial charge in [-0.25, -0.2) is 0 Å². The molecule has 0 fully saturated rings. The van der Waals surface area contributed by atoms with Gasteiger partial charge in [0.05, 0.1) is 16.4 Å². The van der Waals surface area contributed by atoms with Crippen molar-refractivity contribution < 1.29 is 0 Å². The van der Waals surface area contributed by atoms with Crippen LogP contribution in [0.5, 0.6) is 0 Å². The molecule has 1 aromatic heterocycles. The van der Waals surface area contributed by atoms with E-state index in [1.54, 1.807) is 0 Å². The number of hydrogen-bond donors (Lipinski definition) is 1. The van der Waals surface area contributed by atoms with E-state index in [-0.39, 0.29) is 5.41 Å². The Bertz CT molecular complexity index is 2290. The topological polar surface area (TPSA) is 17.0 Å². The van der Waals surface area contributed by atoms with E-state index in [1.165, 1.54) is 55.2 Å². The van der Waals surface area contributed by atoms with Crippen LogP contribution in [0.1, 0.15) is 35.1 Å². The number of anilines is 2. The summed E-state index contributed by atoms with van der Waals surface area (Å²) in [7, 11) is 0. The lowest BCUT2D eigenvalue weighted by Crippen LogP contribution is -2.30. The summed E-state index contributed by atoms with van der Waals surface area (Å²) in [6.45, 7) is 0. The molecular formula is C43H32N2. The first kappa shape index (κ1) is 25.9. The molecule has 0 aliphatic heterocycles. The fourth-order valence-corrected chi connectivity index (χ4v) is 7.99. The van der Waals surface area contributed by atoms with E-state index in [0.29, 0.717) is 0 Å². The molecule has 2 heteroatoms. The van der Waals surface area contributed by atoms with Crippen LogP contribution in [0, 0.1) is 0 Å². The molecule has 0 saturated heterocycles. The number of allylic oxidation sites excluding steroid dienone is 4. The molecule has 1 atom stereocenters. The number of benzene rings is 6. The normalized spacial score (nSPS) is 17.1. The SMILES string of the molecule is C1=CC2=C(CC1)C(c1ccccc1)(c1cccc(Nc3cccc4c3c3ccccc3n4-c3ccccc3)c1)c1ccccc12. The second-order valence-corrected chi connectivity index (χ2v) is 12.1. The average Bonchev–Trinajstić information content (AvgIpc) is 3.61. The summed E-state index contributed by atoms with van der Waals surface area (Å²) in [4.78, 5) is 0. The van der Waals surface area contributed by atoms with E-state index < -0.39 is 0 Å². The molecule has 9 rings (SSSR count). The average molecular weight is 577 g/mol. The lowest BCUT2D eigenvalue weighted by molar-refractivity contribution is 0.697.